The van der Waals surface area contributed by atoms with Crippen molar-refractivity contribution in [2.45, 2.75) is 0 Å². The molecule has 2 aromatic rings. The van der Waals surface area contributed by atoms with Gasteiger partial charge in [0.2, 0.25) is 5.90 Å². The summed E-state index contributed by atoms with van der Waals surface area (Å²) in [6.45, 7) is 0. The Labute approximate surface area is 141 Å². The molecular weight excluding hydrogens is 341 g/mol. The number of halogens is 2. The van der Waals surface area contributed by atoms with Crippen LogP contribution in [0, 0.1) is 0 Å². The van der Waals surface area contributed by atoms with Crippen LogP contribution in [0.5, 0.6) is 11.5 Å². The van der Waals surface area contributed by atoms with E-state index in [2.05, 4.69) is 4.99 Å². The first kappa shape index (κ1) is 15.4. The third-order valence-corrected chi connectivity index (χ3v) is 3.64. The number of nitrogens with zero attached hydrogens (tertiary/aromatic N) is 1. The number of cyclic esters (lactones) is 1. The van der Waals surface area contributed by atoms with Gasteiger partial charge in [-0.1, -0.05) is 23.2 Å². The molecule has 0 aliphatic carbocycles. The van der Waals surface area contributed by atoms with Crippen LogP contribution in [-0.4, -0.2) is 22.1 Å². The third-order valence-electron chi connectivity index (χ3n) is 3.09. The highest BCUT2D eigenvalue weighted by Crippen LogP contribution is 2.29. The first-order valence-electron chi connectivity index (χ1n) is 6.44. The summed E-state index contributed by atoms with van der Waals surface area (Å²) in [6, 6.07) is 8.71. The van der Waals surface area contributed by atoms with Crippen LogP contribution in [0.4, 0.5) is 0 Å². The van der Waals surface area contributed by atoms with Gasteiger partial charge < -0.3 is 14.9 Å². The molecule has 0 fully saturated rings. The molecule has 0 spiro atoms. The number of aromatic hydroxyl groups is 2. The number of phenols is 2. The molecule has 0 unspecified atom stereocenters. The van der Waals surface area contributed by atoms with Crippen molar-refractivity contribution in [1.29, 1.82) is 0 Å². The van der Waals surface area contributed by atoms with Crippen molar-refractivity contribution in [3.8, 4) is 11.5 Å². The quantitative estimate of drug-likeness (QED) is 0.639. The Morgan fingerprint density at radius 1 is 1.09 bits per heavy atom. The van der Waals surface area contributed by atoms with Gasteiger partial charge in [0.05, 0.1) is 10.6 Å². The molecule has 0 saturated carbocycles. The zero-order chi connectivity index (χ0) is 16.6. The Bertz CT molecular complexity index is 874. The molecule has 2 N–H and O–H groups in total. The summed E-state index contributed by atoms with van der Waals surface area (Å²) in [5.41, 5.74) is 0.761. The van der Waals surface area contributed by atoms with E-state index in [1.807, 2.05) is 0 Å². The molecule has 0 saturated heterocycles. The van der Waals surface area contributed by atoms with Crippen LogP contribution in [0.15, 0.2) is 47.1 Å². The molecule has 7 heteroatoms. The van der Waals surface area contributed by atoms with Gasteiger partial charge in [-0.05, 0) is 36.4 Å². The molecule has 3 rings (SSSR count). The van der Waals surface area contributed by atoms with E-state index in [0.29, 0.717) is 21.2 Å². The fraction of sp³-hybridized carbons (Fsp3) is 0. The maximum Gasteiger partial charge on any atom is 0.363 e. The van der Waals surface area contributed by atoms with Crippen LogP contribution in [0.3, 0.4) is 0 Å². The van der Waals surface area contributed by atoms with E-state index < -0.39 is 5.97 Å². The van der Waals surface area contributed by atoms with Crippen LogP contribution in [0.25, 0.3) is 6.08 Å². The predicted molar refractivity (Wildman–Crippen MR) is 86.8 cm³/mol. The van der Waals surface area contributed by atoms with Gasteiger partial charge in [0.1, 0.15) is 11.5 Å². The van der Waals surface area contributed by atoms with Crippen molar-refractivity contribution in [3.63, 3.8) is 0 Å². The Balaban J connectivity index is 1.99. The fourth-order valence-electron chi connectivity index (χ4n) is 1.99. The second kappa shape index (κ2) is 5.95. The van der Waals surface area contributed by atoms with E-state index in [0.717, 1.165) is 6.07 Å². The summed E-state index contributed by atoms with van der Waals surface area (Å²) < 4.78 is 5.10. The maximum absolute atomic E-state index is 11.9. The lowest BCUT2D eigenvalue weighted by Crippen LogP contribution is -2.05. The molecule has 0 atom stereocenters. The molecule has 2 aromatic carbocycles. The van der Waals surface area contributed by atoms with Gasteiger partial charge in [-0.15, -0.1) is 0 Å². The summed E-state index contributed by atoms with van der Waals surface area (Å²) in [7, 11) is 0. The lowest BCUT2D eigenvalue weighted by Gasteiger charge is -2.02. The number of benzene rings is 2. The molecule has 116 valence electrons. The van der Waals surface area contributed by atoms with Crippen LogP contribution in [0.2, 0.25) is 10.0 Å². The average molecular weight is 350 g/mol. The minimum atomic E-state index is -0.668. The van der Waals surface area contributed by atoms with Crippen LogP contribution < -0.4 is 0 Å². The lowest BCUT2D eigenvalue weighted by molar-refractivity contribution is -0.129. The van der Waals surface area contributed by atoms with E-state index >= 15 is 0 Å². The van der Waals surface area contributed by atoms with Crippen LogP contribution in [0.1, 0.15) is 11.1 Å². The normalized spacial score (nSPS) is 15.7. The standard InChI is InChI=1S/C16H9Cl2NO4/c17-9-2-4-11(12(18)6-9)15-19-13(16(22)23-15)5-8-1-3-10(20)7-14(8)21/h1-7,20-21H/b13-5+. The number of phenolic OH excluding ortho intramolecular Hbond substituents is 2. The van der Waals surface area contributed by atoms with E-state index in [1.165, 1.54) is 24.3 Å². The van der Waals surface area contributed by atoms with Crippen LogP contribution in [-0.2, 0) is 9.53 Å². The van der Waals surface area contributed by atoms with Gasteiger partial charge in [-0.3, -0.25) is 0 Å². The summed E-state index contributed by atoms with van der Waals surface area (Å²) in [5, 5.41) is 19.8. The average Bonchev–Trinajstić information content (AvgIpc) is 2.83. The smallest absolute Gasteiger partial charge is 0.363 e. The van der Waals surface area contributed by atoms with Crippen LogP contribution >= 0.6 is 23.2 Å². The van der Waals surface area contributed by atoms with Gasteiger partial charge in [-0.2, -0.15) is 0 Å². The molecule has 1 aliphatic rings. The molecule has 0 amide bonds. The number of hydrogen-bond acceptors (Lipinski definition) is 5. The number of rotatable bonds is 2. The van der Waals surface area contributed by atoms with Gasteiger partial charge in [0.15, 0.2) is 5.70 Å². The second-order valence-corrected chi connectivity index (χ2v) is 5.55. The SMILES string of the molecule is O=C1OC(c2ccc(Cl)cc2Cl)=N/C1=C/c1ccc(O)cc1O. The largest absolute Gasteiger partial charge is 0.508 e. The monoisotopic (exact) mass is 349 g/mol. The van der Waals surface area contributed by atoms with Gasteiger partial charge in [0, 0.05) is 16.7 Å². The molecule has 0 aromatic heterocycles. The van der Waals surface area contributed by atoms with Crippen molar-refractivity contribution in [1.82, 2.24) is 0 Å². The minimum Gasteiger partial charge on any atom is -0.508 e. The molecule has 23 heavy (non-hydrogen) atoms. The molecule has 5 nitrogen and oxygen atoms in total. The molecule has 1 aliphatic heterocycles. The zero-order valence-electron chi connectivity index (χ0n) is 11.5. The van der Waals surface area contributed by atoms with Crippen molar-refractivity contribution in [2.75, 3.05) is 0 Å². The van der Waals surface area contributed by atoms with E-state index in [-0.39, 0.29) is 23.1 Å². The van der Waals surface area contributed by atoms with Gasteiger partial charge in [-0.25, -0.2) is 9.79 Å². The molecule has 0 radical (unpaired) electrons. The van der Waals surface area contributed by atoms with Crippen molar-refractivity contribution < 1.29 is 19.7 Å². The Kier molecular flexibility index (Phi) is 3.98. The Morgan fingerprint density at radius 3 is 2.57 bits per heavy atom. The number of hydrogen-bond donors (Lipinski definition) is 2. The van der Waals surface area contributed by atoms with Gasteiger partial charge in [0.25, 0.3) is 0 Å². The van der Waals surface area contributed by atoms with Crippen molar-refractivity contribution in [3.05, 3.63) is 63.3 Å². The summed E-state index contributed by atoms with van der Waals surface area (Å²) in [5.74, 6) is -0.881. The first-order valence-corrected chi connectivity index (χ1v) is 7.19. The molecule has 1 heterocycles. The van der Waals surface area contributed by atoms with Gasteiger partial charge >= 0.3 is 5.97 Å². The maximum atomic E-state index is 11.9. The topological polar surface area (TPSA) is 79.1 Å². The minimum absolute atomic E-state index is 0.00649. The Morgan fingerprint density at radius 2 is 1.87 bits per heavy atom. The fourth-order valence-corrected chi connectivity index (χ4v) is 2.48. The Hall–Kier alpha value is -2.50. The highest BCUT2D eigenvalue weighted by molar-refractivity contribution is 6.37. The number of aliphatic imine (C=N–C) groups is 1. The zero-order valence-corrected chi connectivity index (χ0v) is 13.0. The summed E-state index contributed by atoms with van der Waals surface area (Å²) in [4.78, 5) is 16.0. The molecule has 0 bridgehead atoms. The number of carbonyl (C=O) groups excluding carboxylic acids is 1. The third kappa shape index (κ3) is 3.16. The highest BCUT2D eigenvalue weighted by Gasteiger charge is 2.26. The second-order valence-electron chi connectivity index (χ2n) is 4.70. The van der Waals surface area contributed by atoms with E-state index in [4.69, 9.17) is 27.9 Å². The predicted octanol–water partition coefficient (Wildman–Crippen LogP) is 3.75. The number of carbonyl (C=O) groups is 1. The first-order chi connectivity index (χ1) is 10.9. The van der Waals surface area contributed by atoms with Crippen molar-refractivity contribution in [2.24, 2.45) is 4.99 Å². The summed E-state index contributed by atoms with van der Waals surface area (Å²) >= 11 is 11.9. The number of ether oxygens (including phenoxy) is 1. The van der Waals surface area contributed by atoms with E-state index in [9.17, 15) is 15.0 Å². The van der Waals surface area contributed by atoms with E-state index in [1.54, 1.807) is 12.1 Å². The number of esters is 1. The summed E-state index contributed by atoms with van der Waals surface area (Å²) in [6.07, 6.45) is 1.36. The van der Waals surface area contributed by atoms with Crippen molar-refractivity contribution >= 4 is 41.1 Å². The lowest BCUT2D eigenvalue weighted by atomic mass is 10.1. The molecular formula is C16H9Cl2NO4. The highest BCUT2D eigenvalue weighted by atomic mass is 35.5.